The highest BCUT2D eigenvalue weighted by Gasteiger charge is 2.26. The summed E-state index contributed by atoms with van der Waals surface area (Å²) in [6.07, 6.45) is 4.80. The smallest absolute Gasteiger partial charge is 0.123 e. The molecule has 4 heteroatoms. The number of benzene rings is 1. The number of thioether (sulfide) groups is 1. The largest absolute Gasteiger partial charge is 0.492 e. The van der Waals surface area contributed by atoms with E-state index in [4.69, 9.17) is 4.74 Å². The maximum absolute atomic E-state index is 6.08. The van der Waals surface area contributed by atoms with Crippen LogP contribution in [0.5, 0.6) is 5.75 Å². The van der Waals surface area contributed by atoms with Crippen molar-refractivity contribution in [1.29, 1.82) is 0 Å². The Hall–Kier alpha value is -0.380. The van der Waals surface area contributed by atoms with Crippen LogP contribution in [0, 0.1) is 0 Å². The highest BCUT2D eigenvalue weighted by atomic mass is 35.5. The molecule has 0 saturated carbocycles. The fraction of sp³-hybridized carbons (Fsp3) is 0.667. The van der Waals surface area contributed by atoms with Crippen LogP contribution >= 0.6 is 24.2 Å². The van der Waals surface area contributed by atoms with Gasteiger partial charge in [-0.2, -0.15) is 0 Å². The molecule has 2 rings (SSSR count). The molecule has 0 radical (unpaired) electrons. The van der Waals surface area contributed by atoms with Gasteiger partial charge < -0.3 is 4.74 Å². The van der Waals surface area contributed by atoms with Gasteiger partial charge in [0.2, 0.25) is 0 Å². The van der Waals surface area contributed by atoms with Crippen molar-refractivity contribution in [3.63, 3.8) is 0 Å². The summed E-state index contributed by atoms with van der Waals surface area (Å²) in [4.78, 5) is 4.04. The Morgan fingerprint density at radius 3 is 2.50 bits per heavy atom. The first-order chi connectivity index (χ1) is 10.3. The standard InChI is InChI=1S/C18H29NOS.ClH/c1-4-10-19(11-5-2)15-13-16-17(20-14-15)8-7-9-18(16)21-12-6-3;/h7-9,15H,4-6,10-14H2,1-3H3;1H. The van der Waals surface area contributed by atoms with Gasteiger partial charge in [-0.15, -0.1) is 24.2 Å². The van der Waals surface area contributed by atoms with Crippen molar-refractivity contribution in [2.24, 2.45) is 0 Å². The van der Waals surface area contributed by atoms with Crippen LogP contribution in [0.4, 0.5) is 0 Å². The molecule has 1 aromatic carbocycles. The van der Waals surface area contributed by atoms with Gasteiger partial charge in [0, 0.05) is 16.5 Å². The lowest BCUT2D eigenvalue weighted by Gasteiger charge is -2.35. The molecule has 1 atom stereocenters. The van der Waals surface area contributed by atoms with E-state index in [-0.39, 0.29) is 12.4 Å². The molecule has 1 aliphatic heterocycles. The summed E-state index contributed by atoms with van der Waals surface area (Å²) >= 11 is 1.98. The van der Waals surface area contributed by atoms with E-state index >= 15 is 0 Å². The van der Waals surface area contributed by atoms with Gasteiger partial charge in [0.15, 0.2) is 0 Å². The predicted molar refractivity (Wildman–Crippen MR) is 99.8 cm³/mol. The van der Waals surface area contributed by atoms with Crippen LogP contribution in [0.25, 0.3) is 0 Å². The first-order valence-electron chi connectivity index (χ1n) is 8.41. The zero-order chi connectivity index (χ0) is 15.1. The average molecular weight is 344 g/mol. The normalized spacial score (nSPS) is 16.8. The molecule has 0 saturated heterocycles. The summed E-state index contributed by atoms with van der Waals surface area (Å²) in [5, 5.41) is 0. The fourth-order valence-electron chi connectivity index (χ4n) is 3.00. The Bertz CT molecular complexity index is 435. The number of halogens is 1. The molecule has 0 amide bonds. The van der Waals surface area contributed by atoms with Gasteiger partial charge in [0.05, 0.1) is 0 Å². The third-order valence-corrected chi connectivity index (χ3v) is 5.27. The van der Waals surface area contributed by atoms with Crippen molar-refractivity contribution in [2.75, 3.05) is 25.4 Å². The second-order valence-corrected chi connectivity index (χ2v) is 6.92. The van der Waals surface area contributed by atoms with Gasteiger partial charge in [0.1, 0.15) is 12.4 Å². The number of rotatable bonds is 8. The predicted octanol–water partition coefficient (Wildman–Crippen LogP) is 5.04. The van der Waals surface area contributed by atoms with Crippen molar-refractivity contribution < 1.29 is 4.74 Å². The maximum Gasteiger partial charge on any atom is 0.123 e. The molecule has 126 valence electrons. The lowest BCUT2D eigenvalue weighted by Crippen LogP contribution is -2.44. The maximum atomic E-state index is 6.08. The molecule has 0 fully saturated rings. The highest BCUT2D eigenvalue weighted by Crippen LogP contribution is 2.35. The Labute approximate surface area is 146 Å². The molecule has 1 aliphatic rings. The zero-order valence-corrected chi connectivity index (χ0v) is 15.8. The summed E-state index contributed by atoms with van der Waals surface area (Å²) in [5.74, 6) is 2.30. The van der Waals surface area contributed by atoms with Crippen LogP contribution in [-0.2, 0) is 6.42 Å². The molecule has 1 aromatic rings. The first kappa shape index (κ1) is 19.7. The molecule has 1 unspecified atom stereocenters. The van der Waals surface area contributed by atoms with E-state index in [9.17, 15) is 0 Å². The van der Waals surface area contributed by atoms with Crippen LogP contribution in [0.2, 0.25) is 0 Å². The Morgan fingerprint density at radius 1 is 1.14 bits per heavy atom. The third kappa shape index (κ3) is 5.07. The highest BCUT2D eigenvalue weighted by molar-refractivity contribution is 7.99. The number of fused-ring (bicyclic) bond motifs is 1. The molecule has 2 nitrogen and oxygen atoms in total. The molecule has 22 heavy (non-hydrogen) atoms. The lowest BCUT2D eigenvalue weighted by atomic mass is 10.0. The molecule has 0 bridgehead atoms. The van der Waals surface area contributed by atoms with Gasteiger partial charge in [-0.25, -0.2) is 0 Å². The van der Waals surface area contributed by atoms with Crippen molar-refractivity contribution in [1.82, 2.24) is 4.90 Å². The zero-order valence-electron chi connectivity index (χ0n) is 14.1. The van der Waals surface area contributed by atoms with Crippen LogP contribution in [-0.4, -0.2) is 36.4 Å². The molecule has 0 aromatic heterocycles. The van der Waals surface area contributed by atoms with Crippen molar-refractivity contribution in [2.45, 2.75) is 57.4 Å². The second kappa shape index (κ2) is 10.4. The van der Waals surface area contributed by atoms with E-state index < -0.39 is 0 Å². The van der Waals surface area contributed by atoms with Crippen LogP contribution in [0.15, 0.2) is 23.1 Å². The quantitative estimate of drug-likeness (QED) is 0.614. The SMILES string of the molecule is CCCSc1cccc2c1CC(N(CCC)CCC)CO2.Cl. The summed E-state index contributed by atoms with van der Waals surface area (Å²) in [6.45, 7) is 9.98. The monoisotopic (exact) mass is 343 g/mol. The van der Waals surface area contributed by atoms with E-state index in [1.165, 1.54) is 48.6 Å². The Kier molecular flexibility index (Phi) is 9.30. The van der Waals surface area contributed by atoms with E-state index in [0.717, 1.165) is 18.8 Å². The van der Waals surface area contributed by atoms with Crippen molar-refractivity contribution in [3.8, 4) is 5.75 Å². The first-order valence-corrected chi connectivity index (χ1v) is 9.40. The summed E-state index contributed by atoms with van der Waals surface area (Å²) in [6, 6.07) is 7.06. The summed E-state index contributed by atoms with van der Waals surface area (Å²) in [5.41, 5.74) is 1.43. The number of nitrogens with zero attached hydrogens (tertiary/aromatic N) is 1. The van der Waals surface area contributed by atoms with Crippen LogP contribution in [0.3, 0.4) is 0 Å². The van der Waals surface area contributed by atoms with E-state index in [2.05, 4.69) is 43.9 Å². The molecule has 0 aliphatic carbocycles. The molecular formula is C18H30ClNOS. The number of ether oxygens (including phenoxy) is 1. The minimum Gasteiger partial charge on any atom is -0.492 e. The minimum absolute atomic E-state index is 0. The van der Waals surface area contributed by atoms with Gasteiger partial charge in [-0.05, 0) is 56.7 Å². The number of hydrogen-bond acceptors (Lipinski definition) is 3. The minimum atomic E-state index is 0. The topological polar surface area (TPSA) is 12.5 Å². The van der Waals surface area contributed by atoms with Crippen LogP contribution < -0.4 is 4.74 Å². The fourth-order valence-corrected chi connectivity index (χ4v) is 3.95. The van der Waals surface area contributed by atoms with Crippen LogP contribution in [0.1, 0.15) is 45.6 Å². The average Bonchev–Trinajstić information content (AvgIpc) is 2.52. The van der Waals surface area contributed by atoms with E-state index in [1.807, 2.05) is 11.8 Å². The third-order valence-electron chi connectivity index (χ3n) is 3.96. The van der Waals surface area contributed by atoms with E-state index in [1.54, 1.807) is 0 Å². The van der Waals surface area contributed by atoms with Crippen molar-refractivity contribution in [3.05, 3.63) is 23.8 Å². The molecule has 1 heterocycles. The van der Waals surface area contributed by atoms with E-state index in [0.29, 0.717) is 6.04 Å². The van der Waals surface area contributed by atoms with Gasteiger partial charge >= 0.3 is 0 Å². The summed E-state index contributed by atoms with van der Waals surface area (Å²) in [7, 11) is 0. The number of hydrogen-bond donors (Lipinski definition) is 0. The summed E-state index contributed by atoms with van der Waals surface area (Å²) < 4.78 is 6.08. The molecular weight excluding hydrogens is 314 g/mol. The van der Waals surface area contributed by atoms with Gasteiger partial charge in [0.25, 0.3) is 0 Å². The lowest BCUT2D eigenvalue weighted by molar-refractivity contribution is 0.118. The molecule has 0 N–H and O–H groups in total. The van der Waals surface area contributed by atoms with Gasteiger partial charge in [-0.3, -0.25) is 4.90 Å². The van der Waals surface area contributed by atoms with Gasteiger partial charge in [-0.1, -0.05) is 26.8 Å². The van der Waals surface area contributed by atoms with Crippen molar-refractivity contribution >= 4 is 24.2 Å². The Balaban J connectivity index is 0.00000242. The Morgan fingerprint density at radius 2 is 1.86 bits per heavy atom. The second-order valence-electron chi connectivity index (χ2n) is 5.79. The molecule has 0 spiro atoms.